The first-order valence-electron chi connectivity index (χ1n) is 8.93. The van der Waals surface area contributed by atoms with Crippen molar-refractivity contribution in [1.82, 2.24) is 16.0 Å². The van der Waals surface area contributed by atoms with E-state index in [0.717, 1.165) is 0 Å². The molecule has 0 aromatic heterocycles. The summed E-state index contributed by atoms with van der Waals surface area (Å²) in [6, 6.07) is -3.67. The molecule has 0 saturated heterocycles. The summed E-state index contributed by atoms with van der Waals surface area (Å²) in [5.74, 6) is -5.26. The van der Waals surface area contributed by atoms with Crippen LogP contribution in [0, 0.1) is 11.8 Å². The van der Waals surface area contributed by atoms with Gasteiger partial charge in [0, 0.05) is 0 Å². The van der Waals surface area contributed by atoms with E-state index < -0.39 is 66.7 Å². The molecule has 0 fully saturated rings. The Morgan fingerprint density at radius 1 is 0.857 bits per heavy atom. The predicted octanol–water partition coefficient (Wildman–Crippen LogP) is -1.34. The molecular formula is C17H30N4O7. The van der Waals surface area contributed by atoms with Gasteiger partial charge >= 0.3 is 11.9 Å². The van der Waals surface area contributed by atoms with Crippen molar-refractivity contribution in [3.8, 4) is 0 Å². The SMILES string of the molecule is CC(C)CC(NC(=O)C(NC(=O)C(CC(=O)O)NC(=O)CN)C(C)C)C(=O)O. The van der Waals surface area contributed by atoms with Gasteiger partial charge in [0.05, 0.1) is 13.0 Å². The zero-order chi connectivity index (χ0) is 22.0. The molecule has 0 aliphatic carbocycles. The Balaban J connectivity index is 5.30. The van der Waals surface area contributed by atoms with Gasteiger partial charge in [0.1, 0.15) is 18.1 Å². The molecule has 0 aromatic rings. The quantitative estimate of drug-likeness (QED) is 0.231. The number of rotatable bonds is 12. The van der Waals surface area contributed by atoms with Gasteiger partial charge in [-0.05, 0) is 18.3 Å². The monoisotopic (exact) mass is 402 g/mol. The first-order chi connectivity index (χ1) is 12.9. The Kier molecular flexibility index (Phi) is 10.8. The lowest BCUT2D eigenvalue weighted by Crippen LogP contribution is -2.58. The lowest BCUT2D eigenvalue weighted by molar-refractivity contribution is -0.143. The van der Waals surface area contributed by atoms with Gasteiger partial charge in [0.2, 0.25) is 17.7 Å². The summed E-state index contributed by atoms with van der Waals surface area (Å²) in [7, 11) is 0. The molecule has 160 valence electrons. The summed E-state index contributed by atoms with van der Waals surface area (Å²) in [6.07, 6.45) is -0.497. The van der Waals surface area contributed by atoms with Crippen LogP contribution in [0.4, 0.5) is 0 Å². The van der Waals surface area contributed by atoms with Crippen LogP contribution in [0.3, 0.4) is 0 Å². The number of carbonyl (C=O) groups is 5. The first-order valence-corrected chi connectivity index (χ1v) is 8.93. The molecule has 0 saturated carbocycles. The fourth-order valence-electron chi connectivity index (χ4n) is 2.38. The highest BCUT2D eigenvalue weighted by Crippen LogP contribution is 2.08. The van der Waals surface area contributed by atoms with Crippen LogP contribution in [0.2, 0.25) is 0 Å². The number of carbonyl (C=O) groups excluding carboxylic acids is 3. The van der Waals surface area contributed by atoms with Gasteiger partial charge in [-0.3, -0.25) is 19.2 Å². The normalized spacial score (nSPS) is 14.1. The summed E-state index contributed by atoms with van der Waals surface area (Å²) in [5, 5.41) is 25.1. The van der Waals surface area contributed by atoms with Crippen LogP contribution in [0.5, 0.6) is 0 Å². The van der Waals surface area contributed by atoms with Gasteiger partial charge in [-0.2, -0.15) is 0 Å². The minimum absolute atomic E-state index is 0.0138. The van der Waals surface area contributed by atoms with Gasteiger partial charge in [-0.1, -0.05) is 27.7 Å². The molecule has 11 heteroatoms. The van der Waals surface area contributed by atoms with E-state index in [2.05, 4.69) is 16.0 Å². The van der Waals surface area contributed by atoms with Crippen molar-refractivity contribution in [3.05, 3.63) is 0 Å². The van der Waals surface area contributed by atoms with Crippen LogP contribution in [-0.2, 0) is 24.0 Å². The number of hydrogen-bond acceptors (Lipinski definition) is 6. The molecule has 28 heavy (non-hydrogen) atoms. The van der Waals surface area contributed by atoms with Crippen molar-refractivity contribution in [3.63, 3.8) is 0 Å². The van der Waals surface area contributed by atoms with Crippen LogP contribution < -0.4 is 21.7 Å². The zero-order valence-corrected chi connectivity index (χ0v) is 16.5. The molecule has 3 unspecified atom stereocenters. The molecule has 3 amide bonds. The topological polar surface area (TPSA) is 188 Å². The highest BCUT2D eigenvalue weighted by molar-refractivity contribution is 5.95. The number of amides is 3. The Hall–Kier alpha value is -2.69. The summed E-state index contributed by atoms with van der Waals surface area (Å²) in [6.45, 7) is 6.44. The second-order valence-corrected chi connectivity index (χ2v) is 7.18. The maximum atomic E-state index is 12.5. The number of nitrogens with one attached hydrogen (secondary N) is 3. The lowest BCUT2D eigenvalue weighted by Gasteiger charge is -2.26. The van der Waals surface area contributed by atoms with Crippen LogP contribution in [0.25, 0.3) is 0 Å². The number of carboxylic acids is 2. The van der Waals surface area contributed by atoms with Gasteiger partial charge in [0.25, 0.3) is 0 Å². The Labute approximate surface area is 163 Å². The first kappa shape index (κ1) is 25.3. The van der Waals surface area contributed by atoms with E-state index in [1.54, 1.807) is 27.7 Å². The van der Waals surface area contributed by atoms with E-state index in [1.807, 2.05) is 0 Å². The van der Waals surface area contributed by atoms with Gasteiger partial charge in [-0.15, -0.1) is 0 Å². The van der Waals surface area contributed by atoms with Crippen molar-refractivity contribution in [2.24, 2.45) is 17.6 Å². The fraction of sp³-hybridized carbons (Fsp3) is 0.706. The molecule has 3 atom stereocenters. The zero-order valence-electron chi connectivity index (χ0n) is 16.5. The minimum atomic E-state index is -1.42. The molecule has 0 heterocycles. The smallest absolute Gasteiger partial charge is 0.326 e. The van der Waals surface area contributed by atoms with E-state index in [-0.39, 0.29) is 12.3 Å². The molecule has 0 spiro atoms. The average Bonchev–Trinajstić information content (AvgIpc) is 2.56. The van der Waals surface area contributed by atoms with Crippen molar-refractivity contribution in [2.45, 2.75) is 58.7 Å². The Morgan fingerprint density at radius 3 is 1.82 bits per heavy atom. The molecule has 0 aliphatic rings. The number of nitrogens with two attached hydrogens (primary N) is 1. The van der Waals surface area contributed by atoms with E-state index in [9.17, 15) is 29.1 Å². The van der Waals surface area contributed by atoms with Crippen molar-refractivity contribution in [2.75, 3.05) is 6.54 Å². The maximum Gasteiger partial charge on any atom is 0.326 e. The third-order valence-corrected chi connectivity index (χ3v) is 3.78. The maximum absolute atomic E-state index is 12.5. The van der Waals surface area contributed by atoms with Crippen LogP contribution >= 0.6 is 0 Å². The fourth-order valence-corrected chi connectivity index (χ4v) is 2.38. The number of aliphatic carboxylic acids is 2. The Bertz CT molecular complexity index is 592. The lowest BCUT2D eigenvalue weighted by atomic mass is 10.00. The molecule has 0 aromatic carbocycles. The Morgan fingerprint density at radius 2 is 1.43 bits per heavy atom. The molecule has 0 rings (SSSR count). The predicted molar refractivity (Wildman–Crippen MR) is 99.0 cm³/mol. The van der Waals surface area contributed by atoms with Gasteiger partial charge in [0.15, 0.2) is 0 Å². The average molecular weight is 402 g/mol. The molecule has 0 radical (unpaired) electrons. The second kappa shape index (κ2) is 11.9. The highest BCUT2D eigenvalue weighted by Gasteiger charge is 2.32. The van der Waals surface area contributed by atoms with Crippen LogP contribution in [0.15, 0.2) is 0 Å². The van der Waals surface area contributed by atoms with E-state index >= 15 is 0 Å². The number of hydrogen-bond donors (Lipinski definition) is 6. The molecule has 0 bridgehead atoms. The van der Waals surface area contributed by atoms with Crippen molar-refractivity contribution < 1.29 is 34.2 Å². The van der Waals surface area contributed by atoms with E-state index in [4.69, 9.17) is 10.8 Å². The molecule has 11 nitrogen and oxygen atoms in total. The molecule has 7 N–H and O–H groups in total. The van der Waals surface area contributed by atoms with Gasteiger partial charge < -0.3 is 31.9 Å². The van der Waals surface area contributed by atoms with E-state index in [1.165, 1.54) is 0 Å². The number of carboxylic acid groups (broad SMARTS) is 2. The highest BCUT2D eigenvalue weighted by atomic mass is 16.4. The summed E-state index contributed by atoms with van der Waals surface area (Å²) < 4.78 is 0. The van der Waals surface area contributed by atoms with Crippen molar-refractivity contribution in [1.29, 1.82) is 0 Å². The summed E-state index contributed by atoms with van der Waals surface area (Å²) >= 11 is 0. The summed E-state index contributed by atoms with van der Waals surface area (Å²) in [4.78, 5) is 58.7. The molecule has 0 aliphatic heterocycles. The largest absolute Gasteiger partial charge is 0.481 e. The summed E-state index contributed by atoms with van der Waals surface area (Å²) in [5.41, 5.74) is 5.16. The van der Waals surface area contributed by atoms with Crippen LogP contribution in [0.1, 0.15) is 40.5 Å². The second-order valence-electron chi connectivity index (χ2n) is 7.18. The molecular weight excluding hydrogens is 372 g/mol. The van der Waals surface area contributed by atoms with Gasteiger partial charge in [-0.25, -0.2) is 4.79 Å². The standard InChI is InChI=1S/C17H30N4O7/c1-8(2)5-11(17(27)28)20-16(26)14(9(3)4)21-15(25)10(6-13(23)24)19-12(22)7-18/h8-11,14H,5-7,18H2,1-4H3,(H,19,22)(H,20,26)(H,21,25)(H,23,24)(H,27,28). The van der Waals surface area contributed by atoms with Crippen molar-refractivity contribution >= 4 is 29.7 Å². The third-order valence-electron chi connectivity index (χ3n) is 3.78. The minimum Gasteiger partial charge on any atom is -0.481 e. The third kappa shape index (κ3) is 9.31. The van der Waals surface area contributed by atoms with E-state index in [0.29, 0.717) is 0 Å². The van der Waals surface area contributed by atoms with Crippen LogP contribution in [-0.4, -0.2) is 64.5 Å².